The summed E-state index contributed by atoms with van der Waals surface area (Å²) >= 11 is 5.45. The molecule has 2 aliphatic rings. The molecule has 2 aromatic carbocycles. The van der Waals surface area contributed by atoms with Gasteiger partial charge in [0.05, 0.1) is 22.5 Å². The van der Waals surface area contributed by atoms with Crippen molar-refractivity contribution in [1.29, 1.82) is 0 Å². The summed E-state index contributed by atoms with van der Waals surface area (Å²) < 4.78 is 0. The van der Waals surface area contributed by atoms with E-state index in [1.54, 1.807) is 22.7 Å². The molecule has 5 heterocycles. The van der Waals surface area contributed by atoms with Crippen molar-refractivity contribution in [2.75, 3.05) is 22.9 Å². The molecule has 0 saturated carbocycles. The van der Waals surface area contributed by atoms with Gasteiger partial charge in [-0.2, -0.15) is 0 Å². The van der Waals surface area contributed by atoms with E-state index in [1.807, 2.05) is 11.3 Å². The third-order valence-corrected chi connectivity index (χ3v) is 22.3. The van der Waals surface area contributed by atoms with Gasteiger partial charge in [0, 0.05) is 63.6 Å². The summed E-state index contributed by atoms with van der Waals surface area (Å²) in [6.07, 6.45) is 41.0. The van der Waals surface area contributed by atoms with Crippen molar-refractivity contribution in [3.8, 4) is 9.75 Å². The molecule has 0 fully saturated rings. The maximum Gasteiger partial charge on any atom is 0.260 e. The summed E-state index contributed by atoms with van der Waals surface area (Å²) in [5, 5.41) is 4.34. The molecule has 7 rings (SSSR count). The highest BCUT2D eigenvalue weighted by Crippen LogP contribution is 2.44. The number of benzene rings is 2. The first-order valence-electron chi connectivity index (χ1n) is 33.5. The van der Waals surface area contributed by atoms with Crippen LogP contribution in [0, 0.1) is 11.8 Å². The van der Waals surface area contributed by atoms with Gasteiger partial charge in [-0.15, -0.1) is 34.0 Å². The molecule has 2 amide bonds. The number of amides is 2. The molecule has 0 bridgehead atoms. The Bertz CT molecular complexity index is 2850. The number of carbonyl (C=O) groups excluding carboxylic acids is 2. The summed E-state index contributed by atoms with van der Waals surface area (Å²) in [5.41, 5.74) is 3.91. The molecule has 81 heavy (non-hydrogen) atoms. The van der Waals surface area contributed by atoms with Crippen molar-refractivity contribution in [3.63, 3.8) is 0 Å². The van der Waals surface area contributed by atoms with Gasteiger partial charge in [0.2, 0.25) is 0 Å². The molecular weight excluding hydrogens is 1050 g/mol. The molecule has 3 aromatic heterocycles. The Kier molecular flexibility index (Phi) is 26.2. The highest BCUT2D eigenvalue weighted by Gasteiger charge is 2.38. The van der Waals surface area contributed by atoms with Gasteiger partial charge in [0.25, 0.3) is 11.8 Å². The number of fused-ring (bicyclic) bond motifs is 5. The molecule has 0 spiro atoms. The van der Waals surface area contributed by atoms with Gasteiger partial charge >= 0.3 is 0 Å². The molecule has 0 saturated heterocycles. The van der Waals surface area contributed by atoms with E-state index in [9.17, 15) is 0 Å². The summed E-state index contributed by atoms with van der Waals surface area (Å²) in [6.45, 7) is 24.4. The van der Waals surface area contributed by atoms with Crippen molar-refractivity contribution >= 4 is 79.1 Å². The molecule has 2 aliphatic heterocycles. The minimum atomic E-state index is -0.0103. The smallest absolute Gasteiger partial charge is 0.260 e. The predicted octanol–water partition coefficient (Wildman–Crippen LogP) is 22.2. The fourth-order valence-electron chi connectivity index (χ4n) is 13.0. The lowest BCUT2D eigenvalue weighted by atomic mass is 9.92. The van der Waals surface area contributed by atoms with Crippen molar-refractivity contribution in [2.24, 2.45) is 11.8 Å². The number of carbonyl (C=O) groups is 2. The Morgan fingerprint density at radius 3 is 0.975 bits per heavy atom. The van der Waals surface area contributed by atoms with Crippen LogP contribution in [0.15, 0.2) is 60.7 Å². The molecule has 4 nitrogen and oxygen atoms in total. The zero-order valence-corrected chi connectivity index (χ0v) is 55.4. The lowest BCUT2D eigenvalue weighted by Crippen LogP contribution is -2.34. The Labute approximate surface area is 506 Å². The molecule has 7 heteroatoms. The van der Waals surface area contributed by atoms with Gasteiger partial charge < -0.3 is 9.80 Å². The number of rotatable bonds is 39. The van der Waals surface area contributed by atoms with E-state index < -0.39 is 0 Å². The predicted molar refractivity (Wildman–Crippen MR) is 360 cm³/mol. The van der Waals surface area contributed by atoms with Crippen LogP contribution in [0.4, 0.5) is 11.4 Å². The van der Waals surface area contributed by atoms with Crippen LogP contribution in [0.1, 0.15) is 294 Å². The summed E-state index contributed by atoms with van der Waals surface area (Å²) in [4.78, 5) is 43.3. The van der Waals surface area contributed by atoms with Crippen molar-refractivity contribution in [3.05, 3.63) is 90.6 Å². The topological polar surface area (TPSA) is 40.6 Å². The SMILES string of the molecule is CCCCCCCCCCC(CCCCCCCC)CN1C(=O)C(c2ccc(-c3ccc(C(C)(C)C)s3)s2)=c2ccc3c4c(ccc3c21)=C(c1ccc(C(C)(C)C)s1)C(=O)N4CC(CCCCCCCC)CCCCCCCCCC. The van der Waals surface area contributed by atoms with E-state index >= 15 is 9.59 Å². The fraction of sp³-hybridized carbons (Fsp3) is 0.649. The monoisotopic (exact) mass is 1150 g/mol. The molecule has 2 unspecified atom stereocenters. The van der Waals surface area contributed by atoms with Crippen LogP contribution in [0.25, 0.3) is 31.7 Å². The van der Waals surface area contributed by atoms with Gasteiger partial charge in [-0.25, -0.2) is 0 Å². The van der Waals surface area contributed by atoms with Crippen LogP contribution < -0.4 is 20.2 Å². The Morgan fingerprint density at radius 1 is 0.346 bits per heavy atom. The van der Waals surface area contributed by atoms with Crippen molar-refractivity contribution in [2.45, 2.75) is 286 Å². The quantitative estimate of drug-likeness (QED) is 0.0368. The number of anilines is 2. The van der Waals surface area contributed by atoms with Gasteiger partial charge in [0.15, 0.2) is 0 Å². The molecule has 446 valence electrons. The first-order chi connectivity index (χ1) is 39.2. The van der Waals surface area contributed by atoms with Crippen molar-refractivity contribution in [1.82, 2.24) is 0 Å². The molecule has 0 aliphatic carbocycles. The second kappa shape index (κ2) is 32.7. The van der Waals surface area contributed by atoms with E-state index in [2.05, 4.69) is 140 Å². The second-order valence-corrected chi connectivity index (χ2v) is 30.2. The Hall–Kier alpha value is -3.52. The second-order valence-electron chi connectivity index (χ2n) is 27.0. The summed E-state index contributed by atoms with van der Waals surface area (Å²) in [7, 11) is 0. The van der Waals surface area contributed by atoms with Gasteiger partial charge in [-0.05, 0) is 84.7 Å². The summed E-state index contributed by atoms with van der Waals surface area (Å²) in [5.74, 6) is 1.15. The van der Waals surface area contributed by atoms with Crippen LogP contribution in [-0.4, -0.2) is 24.9 Å². The van der Waals surface area contributed by atoms with Crippen LogP contribution in [0.5, 0.6) is 0 Å². The molecular formula is C74H110N2O2S3. The number of hydrogen-bond donors (Lipinski definition) is 0. The normalized spacial score (nSPS) is 14.6. The molecule has 5 aromatic rings. The number of nitrogens with zero attached hydrogens (tertiary/aromatic N) is 2. The number of hydrogen-bond acceptors (Lipinski definition) is 5. The minimum Gasteiger partial charge on any atom is -0.307 e. The van der Waals surface area contributed by atoms with E-state index in [1.165, 1.54) is 199 Å². The average molecular weight is 1160 g/mol. The van der Waals surface area contributed by atoms with Crippen molar-refractivity contribution < 1.29 is 9.59 Å². The lowest BCUT2D eigenvalue weighted by molar-refractivity contribution is -0.114. The highest BCUT2D eigenvalue weighted by atomic mass is 32.1. The van der Waals surface area contributed by atoms with E-state index in [4.69, 9.17) is 0 Å². The van der Waals surface area contributed by atoms with Crippen LogP contribution >= 0.6 is 34.0 Å². The molecule has 2 atom stereocenters. The number of thiophene rings is 3. The van der Waals surface area contributed by atoms with Gasteiger partial charge in [-0.3, -0.25) is 9.59 Å². The fourth-order valence-corrected chi connectivity index (χ4v) is 16.3. The first-order valence-corrected chi connectivity index (χ1v) is 35.9. The zero-order valence-electron chi connectivity index (χ0n) is 52.9. The first kappa shape index (κ1) is 65.0. The average Bonchev–Trinajstić information content (AvgIpc) is 3.94. The van der Waals surface area contributed by atoms with Gasteiger partial charge in [-0.1, -0.05) is 273 Å². The Morgan fingerprint density at radius 2 is 0.630 bits per heavy atom. The summed E-state index contributed by atoms with van der Waals surface area (Å²) in [6, 6.07) is 22.7. The zero-order chi connectivity index (χ0) is 57.8. The van der Waals surface area contributed by atoms with E-state index in [0.29, 0.717) is 11.8 Å². The highest BCUT2D eigenvalue weighted by molar-refractivity contribution is 7.23. The number of unbranched alkanes of at least 4 members (excludes halogenated alkanes) is 24. The van der Waals surface area contributed by atoms with E-state index in [0.717, 1.165) is 92.3 Å². The molecule has 0 N–H and O–H groups in total. The van der Waals surface area contributed by atoms with Crippen LogP contribution in [0.2, 0.25) is 0 Å². The molecule has 0 radical (unpaired) electrons. The maximum atomic E-state index is 15.8. The standard InChI is InChI=1S/C74H110N2O2S3/c1-11-15-19-23-27-29-33-37-41-55(39-35-31-25-21-17-13-3)53-75-69-57-44-46-60-68(64-50-52-66(81-64)74(8,9)10)72(78)76(54-56(40-36-32-26-22-18-14-4)42-38-34-30-28-24-20-16-12-2)70(60)58(57)43-45-59(69)67(71(75)77)63-48-47-61(79-63)62-49-51-65(80-62)73(5,6)7/h43-52,55-56H,11-42,53-54H2,1-10H3. The Balaban J connectivity index is 1.32. The van der Waals surface area contributed by atoms with E-state index in [-0.39, 0.29) is 22.6 Å². The van der Waals surface area contributed by atoms with Crippen LogP contribution in [0.3, 0.4) is 0 Å². The maximum absolute atomic E-state index is 15.8. The lowest BCUT2D eigenvalue weighted by Gasteiger charge is -2.28. The third-order valence-electron chi connectivity index (χ3n) is 17.9. The third kappa shape index (κ3) is 18.0. The largest absolute Gasteiger partial charge is 0.307 e. The minimum absolute atomic E-state index is 0.0103. The van der Waals surface area contributed by atoms with Crippen LogP contribution in [-0.2, 0) is 20.4 Å². The van der Waals surface area contributed by atoms with Gasteiger partial charge in [0.1, 0.15) is 0 Å².